The maximum absolute atomic E-state index is 14.6. The molecule has 0 aliphatic rings. The van der Waals surface area contributed by atoms with Gasteiger partial charge in [0.25, 0.3) is 10.0 Å². The second-order valence-corrected chi connectivity index (χ2v) is 13.1. The predicted molar refractivity (Wildman–Crippen MR) is 179 cm³/mol. The number of methoxy groups -OCH3 is 2. The molecule has 10 heteroatoms. The fraction of sp³-hybridized carbons (Fsp3) is 0.278. The van der Waals surface area contributed by atoms with Gasteiger partial charge in [0.1, 0.15) is 24.1 Å². The minimum absolute atomic E-state index is 0.00349. The molecule has 0 fully saturated rings. The average molecular weight is 644 g/mol. The topological polar surface area (TPSA) is 105 Å². The van der Waals surface area contributed by atoms with E-state index < -0.39 is 28.5 Å². The lowest BCUT2D eigenvalue weighted by molar-refractivity contribution is -0.140. The van der Waals surface area contributed by atoms with Gasteiger partial charge in [-0.15, -0.1) is 0 Å². The number of carbonyl (C=O) groups excluding carboxylic acids is 2. The zero-order valence-electron chi connectivity index (χ0n) is 26.8. The SMILES string of the molecule is COc1ccc(OC)c(N(CC(=O)N(Cc2ccccc2)[C@H](Cc2ccccc2)C(=O)NC(C)C)S(=O)(=O)c2ccc(C)cc2)c1. The van der Waals surface area contributed by atoms with Crippen LogP contribution >= 0.6 is 0 Å². The molecule has 0 bridgehead atoms. The average Bonchev–Trinajstić information content (AvgIpc) is 3.05. The molecule has 242 valence electrons. The second kappa shape index (κ2) is 15.4. The zero-order valence-corrected chi connectivity index (χ0v) is 27.7. The van der Waals surface area contributed by atoms with Crippen molar-refractivity contribution in [1.82, 2.24) is 10.2 Å². The number of aryl methyl sites for hydroxylation is 1. The first-order valence-electron chi connectivity index (χ1n) is 15.0. The molecule has 0 spiro atoms. The number of nitrogens with zero attached hydrogens (tertiary/aromatic N) is 2. The van der Waals surface area contributed by atoms with Crippen LogP contribution < -0.4 is 19.1 Å². The van der Waals surface area contributed by atoms with Crippen LogP contribution in [0.25, 0.3) is 0 Å². The van der Waals surface area contributed by atoms with E-state index in [1.54, 1.807) is 24.3 Å². The first-order chi connectivity index (χ1) is 22.0. The molecule has 4 rings (SSSR count). The summed E-state index contributed by atoms with van der Waals surface area (Å²) in [5.41, 5.74) is 2.66. The van der Waals surface area contributed by atoms with E-state index in [2.05, 4.69) is 5.32 Å². The molecular weight excluding hydrogens is 602 g/mol. The molecule has 0 saturated heterocycles. The molecule has 46 heavy (non-hydrogen) atoms. The van der Waals surface area contributed by atoms with E-state index in [9.17, 15) is 18.0 Å². The van der Waals surface area contributed by atoms with Crippen LogP contribution in [0, 0.1) is 6.92 Å². The molecule has 0 aliphatic heterocycles. The number of hydrogen-bond donors (Lipinski definition) is 1. The van der Waals surface area contributed by atoms with Gasteiger partial charge in [-0.2, -0.15) is 0 Å². The van der Waals surface area contributed by atoms with Crippen molar-refractivity contribution in [2.24, 2.45) is 0 Å². The van der Waals surface area contributed by atoms with E-state index in [4.69, 9.17) is 9.47 Å². The number of benzene rings is 4. The number of ether oxygens (including phenoxy) is 2. The minimum Gasteiger partial charge on any atom is -0.497 e. The van der Waals surface area contributed by atoms with E-state index in [1.165, 1.54) is 37.3 Å². The highest BCUT2D eigenvalue weighted by Crippen LogP contribution is 2.36. The van der Waals surface area contributed by atoms with Gasteiger partial charge < -0.3 is 19.7 Å². The largest absolute Gasteiger partial charge is 0.497 e. The maximum Gasteiger partial charge on any atom is 0.264 e. The molecule has 0 radical (unpaired) electrons. The van der Waals surface area contributed by atoms with E-state index in [1.807, 2.05) is 81.4 Å². The molecule has 4 aromatic rings. The molecular formula is C36H41N3O6S. The van der Waals surface area contributed by atoms with Crippen molar-refractivity contribution in [3.05, 3.63) is 120 Å². The number of rotatable bonds is 14. The van der Waals surface area contributed by atoms with Crippen molar-refractivity contribution in [3.8, 4) is 11.5 Å². The maximum atomic E-state index is 14.6. The summed E-state index contributed by atoms with van der Waals surface area (Å²) in [7, 11) is -1.40. The molecule has 2 amide bonds. The molecule has 0 aromatic heterocycles. The normalized spacial score (nSPS) is 11.9. The molecule has 9 nitrogen and oxygen atoms in total. The Morgan fingerprint density at radius 1 is 0.804 bits per heavy atom. The highest BCUT2D eigenvalue weighted by molar-refractivity contribution is 7.92. The molecule has 4 aromatic carbocycles. The van der Waals surface area contributed by atoms with Crippen LogP contribution in [0.3, 0.4) is 0 Å². The monoisotopic (exact) mass is 643 g/mol. The quantitative estimate of drug-likeness (QED) is 0.198. The Morgan fingerprint density at radius 2 is 1.41 bits per heavy atom. The van der Waals surface area contributed by atoms with Gasteiger partial charge in [0.15, 0.2) is 0 Å². The summed E-state index contributed by atoms with van der Waals surface area (Å²) >= 11 is 0. The van der Waals surface area contributed by atoms with Crippen LogP contribution in [0.2, 0.25) is 0 Å². The summed E-state index contributed by atoms with van der Waals surface area (Å²) in [5.74, 6) is -0.289. The van der Waals surface area contributed by atoms with Crippen molar-refractivity contribution in [1.29, 1.82) is 0 Å². The first kappa shape index (κ1) is 34.1. The summed E-state index contributed by atoms with van der Waals surface area (Å²) in [4.78, 5) is 29.9. The highest BCUT2D eigenvalue weighted by atomic mass is 32.2. The molecule has 1 N–H and O–H groups in total. The third-order valence-electron chi connectivity index (χ3n) is 7.44. The minimum atomic E-state index is -4.30. The zero-order chi connectivity index (χ0) is 33.3. The summed E-state index contributed by atoms with van der Waals surface area (Å²) < 4.78 is 40.7. The van der Waals surface area contributed by atoms with Crippen LogP contribution in [0.4, 0.5) is 5.69 Å². The number of hydrogen-bond acceptors (Lipinski definition) is 6. The van der Waals surface area contributed by atoms with Gasteiger partial charge in [0, 0.05) is 25.1 Å². The Kier molecular flexibility index (Phi) is 11.4. The lowest BCUT2D eigenvalue weighted by Gasteiger charge is -2.34. The summed E-state index contributed by atoms with van der Waals surface area (Å²) in [6.07, 6.45) is 0.227. The lowest BCUT2D eigenvalue weighted by Crippen LogP contribution is -2.54. The van der Waals surface area contributed by atoms with Gasteiger partial charge in [0.2, 0.25) is 11.8 Å². The summed E-state index contributed by atoms with van der Waals surface area (Å²) in [6.45, 7) is 5.04. The van der Waals surface area contributed by atoms with Gasteiger partial charge in [-0.05, 0) is 56.2 Å². The fourth-order valence-electron chi connectivity index (χ4n) is 5.06. The molecule has 0 saturated carbocycles. The van der Waals surface area contributed by atoms with Crippen LogP contribution in [0.15, 0.2) is 108 Å². The van der Waals surface area contributed by atoms with E-state index >= 15 is 0 Å². The third kappa shape index (κ3) is 8.45. The van der Waals surface area contributed by atoms with Crippen LogP contribution in [-0.4, -0.2) is 58.0 Å². The molecule has 1 atom stereocenters. The lowest BCUT2D eigenvalue weighted by atomic mass is 10.0. The Morgan fingerprint density at radius 3 is 1.98 bits per heavy atom. The van der Waals surface area contributed by atoms with E-state index in [0.29, 0.717) is 5.75 Å². The van der Waals surface area contributed by atoms with Crippen molar-refractivity contribution < 1.29 is 27.5 Å². The smallest absolute Gasteiger partial charge is 0.264 e. The third-order valence-corrected chi connectivity index (χ3v) is 9.21. The summed E-state index contributed by atoms with van der Waals surface area (Å²) in [5, 5.41) is 2.96. The number of anilines is 1. The van der Waals surface area contributed by atoms with E-state index in [0.717, 1.165) is 21.0 Å². The van der Waals surface area contributed by atoms with Crippen LogP contribution in [0.1, 0.15) is 30.5 Å². The number of sulfonamides is 1. The van der Waals surface area contributed by atoms with Gasteiger partial charge in [-0.25, -0.2) is 8.42 Å². The van der Waals surface area contributed by atoms with Crippen molar-refractivity contribution in [3.63, 3.8) is 0 Å². The number of carbonyl (C=O) groups is 2. The Balaban J connectivity index is 1.85. The van der Waals surface area contributed by atoms with E-state index in [-0.39, 0.29) is 41.2 Å². The van der Waals surface area contributed by atoms with Crippen molar-refractivity contribution in [2.45, 2.75) is 50.7 Å². The van der Waals surface area contributed by atoms with Gasteiger partial charge in [0.05, 0.1) is 24.8 Å². The highest BCUT2D eigenvalue weighted by Gasteiger charge is 2.36. The van der Waals surface area contributed by atoms with Gasteiger partial charge in [-0.1, -0.05) is 78.4 Å². The van der Waals surface area contributed by atoms with Gasteiger partial charge >= 0.3 is 0 Å². The number of amides is 2. The van der Waals surface area contributed by atoms with Crippen LogP contribution in [-0.2, 0) is 32.6 Å². The van der Waals surface area contributed by atoms with Gasteiger partial charge in [-0.3, -0.25) is 13.9 Å². The standard InChI is InChI=1S/C36H41N3O6S/c1-26(2)37-36(41)33(22-28-12-8-6-9-13-28)38(24-29-14-10-7-11-15-29)35(40)25-39(32-23-30(44-4)18-21-34(32)45-5)46(42,43)31-19-16-27(3)17-20-31/h6-21,23,26,33H,22,24-25H2,1-5H3,(H,37,41)/t33-/m1/s1. The Hall–Kier alpha value is -4.83. The summed E-state index contributed by atoms with van der Waals surface area (Å²) in [6, 6.07) is 28.8. The fourth-order valence-corrected chi connectivity index (χ4v) is 6.47. The number of nitrogens with one attached hydrogen (secondary N) is 1. The Bertz CT molecular complexity index is 1710. The van der Waals surface area contributed by atoms with Crippen molar-refractivity contribution >= 4 is 27.5 Å². The molecule has 0 aliphatic carbocycles. The van der Waals surface area contributed by atoms with Crippen molar-refractivity contribution in [2.75, 3.05) is 25.1 Å². The van der Waals surface area contributed by atoms with Crippen LogP contribution in [0.5, 0.6) is 11.5 Å². The molecule has 0 unspecified atom stereocenters. The molecule has 0 heterocycles. The first-order valence-corrected chi connectivity index (χ1v) is 16.5. The predicted octanol–water partition coefficient (Wildman–Crippen LogP) is 5.37. The second-order valence-electron chi connectivity index (χ2n) is 11.2. The Labute approximate surface area is 271 Å².